The average Bonchev–Trinajstić information content (AvgIpc) is 2.15. The highest BCUT2D eigenvalue weighted by molar-refractivity contribution is 4.80. The van der Waals surface area contributed by atoms with E-state index < -0.39 is 0 Å². The number of hydrogen-bond donors (Lipinski definition) is 2. The van der Waals surface area contributed by atoms with E-state index in [1.165, 1.54) is 0 Å². The van der Waals surface area contributed by atoms with Gasteiger partial charge in [-0.25, -0.2) is 0 Å². The largest absolute Gasteiger partial charge is 0.379 e. The van der Waals surface area contributed by atoms with Gasteiger partial charge in [-0.3, -0.25) is 0 Å². The molecule has 0 aliphatic rings. The zero-order valence-corrected chi connectivity index (χ0v) is 9.68. The van der Waals surface area contributed by atoms with Gasteiger partial charge < -0.3 is 15.4 Å². The van der Waals surface area contributed by atoms with Crippen LogP contribution in [0.3, 0.4) is 0 Å². The van der Waals surface area contributed by atoms with E-state index in [1.807, 2.05) is 6.08 Å². The molecule has 0 aromatic heterocycles. The van der Waals surface area contributed by atoms with Gasteiger partial charge in [-0.1, -0.05) is 19.9 Å². The first-order chi connectivity index (χ1) is 6.66. The zero-order chi connectivity index (χ0) is 10.8. The molecule has 0 saturated heterocycles. The Labute approximate surface area is 87.9 Å². The lowest BCUT2D eigenvalue weighted by Gasteiger charge is -2.10. The summed E-state index contributed by atoms with van der Waals surface area (Å²) in [7, 11) is 0. The molecule has 1 atom stereocenters. The predicted octanol–water partition coefficient (Wildman–Crippen LogP) is 1.17. The van der Waals surface area contributed by atoms with Gasteiger partial charge in [0.2, 0.25) is 0 Å². The van der Waals surface area contributed by atoms with Crippen molar-refractivity contribution in [3.8, 4) is 0 Å². The van der Waals surface area contributed by atoms with Crippen molar-refractivity contribution in [2.45, 2.75) is 32.9 Å². The van der Waals surface area contributed by atoms with E-state index in [4.69, 9.17) is 4.74 Å². The summed E-state index contributed by atoms with van der Waals surface area (Å²) in [5.41, 5.74) is 0. The molecule has 0 aromatic rings. The van der Waals surface area contributed by atoms with E-state index in [0.29, 0.717) is 12.1 Å². The molecule has 0 heterocycles. The Bertz CT molecular complexity index is 137. The molecule has 0 amide bonds. The van der Waals surface area contributed by atoms with Crippen molar-refractivity contribution in [2.75, 3.05) is 26.3 Å². The average molecular weight is 200 g/mol. The van der Waals surface area contributed by atoms with Gasteiger partial charge in [-0.2, -0.15) is 0 Å². The lowest BCUT2D eigenvalue weighted by atomic mass is 10.3. The van der Waals surface area contributed by atoms with E-state index in [0.717, 1.165) is 26.3 Å². The SMILES string of the molecule is C=CC(C)NCCOCCNC(C)C. The van der Waals surface area contributed by atoms with Crippen molar-refractivity contribution in [2.24, 2.45) is 0 Å². The van der Waals surface area contributed by atoms with Gasteiger partial charge in [-0.15, -0.1) is 6.58 Å². The quantitative estimate of drug-likeness (QED) is 0.433. The van der Waals surface area contributed by atoms with Crippen LogP contribution in [0.4, 0.5) is 0 Å². The Kier molecular flexibility index (Phi) is 8.94. The first-order valence-corrected chi connectivity index (χ1v) is 5.34. The van der Waals surface area contributed by atoms with Gasteiger partial charge in [0.15, 0.2) is 0 Å². The molecule has 0 saturated carbocycles. The minimum absolute atomic E-state index is 0.368. The van der Waals surface area contributed by atoms with Gasteiger partial charge in [0.05, 0.1) is 13.2 Å². The third-order valence-electron chi connectivity index (χ3n) is 1.87. The van der Waals surface area contributed by atoms with Gasteiger partial charge in [0, 0.05) is 25.2 Å². The van der Waals surface area contributed by atoms with Crippen LogP contribution in [0.5, 0.6) is 0 Å². The molecule has 0 aliphatic heterocycles. The predicted molar refractivity (Wildman–Crippen MR) is 61.6 cm³/mol. The highest BCUT2D eigenvalue weighted by Crippen LogP contribution is 1.81. The van der Waals surface area contributed by atoms with Gasteiger partial charge in [0.25, 0.3) is 0 Å². The summed E-state index contributed by atoms with van der Waals surface area (Å²) in [4.78, 5) is 0. The van der Waals surface area contributed by atoms with Crippen molar-refractivity contribution in [3.05, 3.63) is 12.7 Å². The summed E-state index contributed by atoms with van der Waals surface area (Å²) in [6.07, 6.45) is 1.89. The number of nitrogens with one attached hydrogen (secondary N) is 2. The molecule has 14 heavy (non-hydrogen) atoms. The molecular formula is C11H24N2O. The van der Waals surface area contributed by atoms with Crippen LogP contribution in [0.2, 0.25) is 0 Å². The van der Waals surface area contributed by atoms with Crippen LogP contribution in [0.1, 0.15) is 20.8 Å². The van der Waals surface area contributed by atoms with E-state index in [9.17, 15) is 0 Å². The summed E-state index contributed by atoms with van der Waals surface area (Å²) < 4.78 is 5.42. The minimum Gasteiger partial charge on any atom is -0.379 e. The van der Waals surface area contributed by atoms with Crippen LogP contribution in [-0.4, -0.2) is 38.4 Å². The normalized spacial score (nSPS) is 13.1. The number of ether oxygens (including phenoxy) is 1. The second-order valence-electron chi connectivity index (χ2n) is 3.70. The summed E-state index contributed by atoms with van der Waals surface area (Å²) in [5, 5.41) is 6.56. The fourth-order valence-corrected chi connectivity index (χ4v) is 0.964. The van der Waals surface area contributed by atoms with Crippen molar-refractivity contribution in [1.82, 2.24) is 10.6 Å². The molecule has 1 unspecified atom stereocenters. The maximum absolute atomic E-state index is 5.42. The summed E-state index contributed by atoms with van der Waals surface area (Å²) in [6.45, 7) is 13.4. The maximum atomic E-state index is 5.42. The Morgan fingerprint density at radius 1 is 1.14 bits per heavy atom. The topological polar surface area (TPSA) is 33.3 Å². The Morgan fingerprint density at radius 3 is 2.21 bits per heavy atom. The highest BCUT2D eigenvalue weighted by atomic mass is 16.5. The smallest absolute Gasteiger partial charge is 0.0591 e. The second kappa shape index (κ2) is 9.19. The van der Waals surface area contributed by atoms with Crippen LogP contribution in [0.15, 0.2) is 12.7 Å². The van der Waals surface area contributed by atoms with Gasteiger partial charge in [0.1, 0.15) is 0 Å². The molecule has 0 bridgehead atoms. The lowest BCUT2D eigenvalue weighted by Crippen LogP contribution is -2.30. The standard InChI is InChI=1S/C11H24N2O/c1-5-11(4)13-7-9-14-8-6-12-10(2)3/h5,10-13H,1,6-9H2,2-4H3. The zero-order valence-electron chi connectivity index (χ0n) is 9.68. The Hall–Kier alpha value is -0.380. The summed E-state index contributed by atoms with van der Waals surface area (Å²) in [6, 6.07) is 0.907. The van der Waals surface area contributed by atoms with E-state index >= 15 is 0 Å². The summed E-state index contributed by atoms with van der Waals surface area (Å²) >= 11 is 0. The molecule has 0 radical (unpaired) electrons. The van der Waals surface area contributed by atoms with Crippen molar-refractivity contribution in [3.63, 3.8) is 0 Å². The molecule has 2 N–H and O–H groups in total. The first-order valence-electron chi connectivity index (χ1n) is 5.34. The highest BCUT2D eigenvalue weighted by Gasteiger charge is 1.94. The Balaban J connectivity index is 3.02. The third-order valence-corrected chi connectivity index (χ3v) is 1.87. The third kappa shape index (κ3) is 9.71. The molecule has 3 nitrogen and oxygen atoms in total. The minimum atomic E-state index is 0.368. The van der Waals surface area contributed by atoms with Crippen LogP contribution in [0.25, 0.3) is 0 Å². The van der Waals surface area contributed by atoms with Crippen molar-refractivity contribution < 1.29 is 4.74 Å². The van der Waals surface area contributed by atoms with E-state index in [2.05, 4.69) is 38.0 Å². The van der Waals surface area contributed by atoms with Gasteiger partial charge >= 0.3 is 0 Å². The summed E-state index contributed by atoms with van der Waals surface area (Å²) in [5.74, 6) is 0. The molecule has 0 rings (SSSR count). The molecule has 0 spiro atoms. The van der Waals surface area contributed by atoms with E-state index in [1.54, 1.807) is 0 Å². The molecule has 0 aliphatic carbocycles. The fraction of sp³-hybridized carbons (Fsp3) is 0.818. The lowest BCUT2D eigenvalue weighted by molar-refractivity contribution is 0.135. The van der Waals surface area contributed by atoms with Crippen LogP contribution in [0, 0.1) is 0 Å². The fourth-order valence-electron chi connectivity index (χ4n) is 0.964. The molecule has 84 valence electrons. The molecule has 0 fully saturated rings. The molecule has 3 heteroatoms. The number of hydrogen-bond acceptors (Lipinski definition) is 3. The number of rotatable bonds is 9. The maximum Gasteiger partial charge on any atom is 0.0591 e. The first kappa shape index (κ1) is 13.6. The van der Waals surface area contributed by atoms with Crippen LogP contribution >= 0.6 is 0 Å². The monoisotopic (exact) mass is 200 g/mol. The Morgan fingerprint density at radius 2 is 1.71 bits per heavy atom. The van der Waals surface area contributed by atoms with Crippen molar-refractivity contribution >= 4 is 0 Å². The molecular weight excluding hydrogens is 176 g/mol. The van der Waals surface area contributed by atoms with E-state index in [-0.39, 0.29) is 0 Å². The second-order valence-corrected chi connectivity index (χ2v) is 3.70. The van der Waals surface area contributed by atoms with Gasteiger partial charge in [-0.05, 0) is 6.92 Å². The van der Waals surface area contributed by atoms with Crippen molar-refractivity contribution in [1.29, 1.82) is 0 Å². The molecule has 0 aromatic carbocycles. The van der Waals surface area contributed by atoms with Crippen LogP contribution in [-0.2, 0) is 4.74 Å². The van der Waals surface area contributed by atoms with Crippen LogP contribution < -0.4 is 10.6 Å².